The quantitative estimate of drug-likeness (QED) is 0.926. The molecule has 2 N–H and O–H groups in total. The Hall–Kier alpha value is -1.12. The van der Waals surface area contributed by atoms with E-state index in [1.165, 1.54) is 0 Å². The van der Waals surface area contributed by atoms with Crippen LogP contribution in [-0.2, 0) is 10.0 Å². The summed E-state index contributed by atoms with van der Waals surface area (Å²) < 4.78 is 66.6. The minimum atomic E-state index is -4.40. The van der Waals surface area contributed by atoms with Gasteiger partial charge >= 0.3 is 0 Å². The number of piperidine rings is 1. The maximum atomic E-state index is 13.8. The molecule has 0 spiro atoms. The van der Waals surface area contributed by atoms with Gasteiger partial charge in [-0.2, -0.15) is 4.31 Å². The SMILES string of the molecule is CC(N)C1CCCCN1S(=O)(=O)c1c(F)cc(F)cc1F. The molecule has 1 fully saturated rings. The molecule has 2 rings (SSSR count). The average Bonchev–Trinajstić information content (AvgIpc) is 2.37. The fourth-order valence-corrected chi connectivity index (χ4v) is 4.52. The van der Waals surface area contributed by atoms with E-state index in [2.05, 4.69) is 0 Å². The van der Waals surface area contributed by atoms with Crippen LogP contribution in [0.5, 0.6) is 0 Å². The molecule has 1 aliphatic heterocycles. The molecule has 1 heterocycles. The summed E-state index contributed by atoms with van der Waals surface area (Å²) in [5, 5.41) is 0. The molecular weight excluding hydrogens is 305 g/mol. The first-order valence-corrected chi connectivity index (χ1v) is 8.11. The Labute approximate surface area is 121 Å². The molecule has 0 bridgehead atoms. The van der Waals surface area contributed by atoms with Crippen molar-refractivity contribution in [1.82, 2.24) is 4.31 Å². The summed E-state index contributed by atoms with van der Waals surface area (Å²) in [6.45, 7) is 1.79. The van der Waals surface area contributed by atoms with Crippen molar-refractivity contribution in [3.8, 4) is 0 Å². The first kappa shape index (κ1) is 16.3. The van der Waals surface area contributed by atoms with Crippen LogP contribution < -0.4 is 5.73 Å². The maximum absolute atomic E-state index is 13.8. The Balaban J connectivity index is 2.51. The van der Waals surface area contributed by atoms with Crippen LogP contribution >= 0.6 is 0 Å². The van der Waals surface area contributed by atoms with E-state index in [4.69, 9.17) is 5.73 Å². The van der Waals surface area contributed by atoms with Gasteiger partial charge in [-0.3, -0.25) is 0 Å². The van der Waals surface area contributed by atoms with Crippen LogP contribution in [0.2, 0.25) is 0 Å². The van der Waals surface area contributed by atoms with Crippen molar-refractivity contribution in [2.75, 3.05) is 6.54 Å². The maximum Gasteiger partial charge on any atom is 0.249 e. The van der Waals surface area contributed by atoms with Crippen LogP contribution in [0.15, 0.2) is 17.0 Å². The van der Waals surface area contributed by atoms with Crippen molar-refractivity contribution in [2.24, 2.45) is 5.73 Å². The lowest BCUT2D eigenvalue weighted by atomic mass is 10.00. The Morgan fingerprint density at radius 3 is 2.33 bits per heavy atom. The van der Waals surface area contributed by atoms with E-state index in [9.17, 15) is 21.6 Å². The molecule has 0 aliphatic carbocycles. The van der Waals surface area contributed by atoms with E-state index >= 15 is 0 Å². The Morgan fingerprint density at radius 1 is 1.24 bits per heavy atom. The highest BCUT2D eigenvalue weighted by molar-refractivity contribution is 7.89. The topological polar surface area (TPSA) is 63.4 Å². The number of hydrogen-bond donors (Lipinski definition) is 1. The fraction of sp³-hybridized carbons (Fsp3) is 0.538. The van der Waals surface area contributed by atoms with Gasteiger partial charge in [0.05, 0.1) is 0 Å². The van der Waals surface area contributed by atoms with E-state index in [0.29, 0.717) is 25.0 Å². The van der Waals surface area contributed by atoms with Gasteiger partial charge < -0.3 is 5.73 Å². The first-order chi connectivity index (χ1) is 9.75. The van der Waals surface area contributed by atoms with Crippen molar-refractivity contribution >= 4 is 10.0 Å². The highest BCUT2D eigenvalue weighted by Crippen LogP contribution is 2.29. The summed E-state index contributed by atoms with van der Waals surface area (Å²) in [5.74, 6) is -4.02. The lowest BCUT2D eigenvalue weighted by Gasteiger charge is -2.36. The number of halogens is 3. The van der Waals surface area contributed by atoms with E-state index in [-0.39, 0.29) is 6.54 Å². The summed E-state index contributed by atoms with van der Waals surface area (Å²) in [4.78, 5) is -1.11. The molecule has 8 heteroatoms. The molecule has 118 valence electrons. The third kappa shape index (κ3) is 3.07. The molecule has 21 heavy (non-hydrogen) atoms. The number of benzene rings is 1. The first-order valence-electron chi connectivity index (χ1n) is 6.67. The number of rotatable bonds is 3. The molecule has 1 aromatic rings. The lowest BCUT2D eigenvalue weighted by molar-refractivity contribution is 0.226. The third-order valence-corrected chi connectivity index (χ3v) is 5.61. The van der Waals surface area contributed by atoms with Crippen LogP contribution in [0.1, 0.15) is 26.2 Å². The van der Waals surface area contributed by atoms with E-state index in [1.807, 2.05) is 0 Å². The molecule has 4 nitrogen and oxygen atoms in total. The molecule has 1 saturated heterocycles. The third-order valence-electron chi connectivity index (χ3n) is 3.63. The molecular formula is C13H17F3N2O2S. The van der Waals surface area contributed by atoms with E-state index < -0.39 is 44.5 Å². The van der Waals surface area contributed by atoms with Gasteiger partial charge in [0.25, 0.3) is 0 Å². The second kappa shape index (κ2) is 5.94. The minimum Gasteiger partial charge on any atom is -0.326 e. The molecule has 2 unspecified atom stereocenters. The van der Waals surface area contributed by atoms with Gasteiger partial charge in [-0.05, 0) is 19.8 Å². The largest absolute Gasteiger partial charge is 0.326 e. The van der Waals surface area contributed by atoms with Gasteiger partial charge in [0, 0.05) is 30.8 Å². The van der Waals surface area contributed by atoms with Crippen LogP contribution in [0.4, 0.5) is 13.2 Å². The summed E-state index contributed by atoms with van der Waals surface area (Å²) in [6, 6.07) is -0.263. The van der Waals surface area contributed by atoms with Gasteiger partial charge in [-0.15, -0.1) is 0 Å². The second-order valence-corrected chi connectivity index (χ2v) is 7.06. The van der Waals surface area contributed by atoms with Crippen molar-refractivity contribution in [2.45, 2.75) is 43.2 Å². The monoisotopic (exact) mass is 322 g/mol. The zero-order valence-electron chi connectivity index (χ0n) is 11.5. The van der Waals surface area contributed by atoms with Crippen molar-refractivity contribution in [3.05, 3.63) is 29.6 Å². The molecule has 1 aromatic carbocycles. The van der Waals surface area contributed by atoms with Crippen molar-refractivity contribution in [3.63, 3.8) is 0 Å². The molecule has 0 aromatic heterocycles. The number of sulfonamides is 1. The zero-order chi connectivity index (χ0) is 15.8. The van der Waals surface area contributed by atoms with Crippen LogP contribution in [0.25, 0.3) is 0 Å². The summed E-state index contributed by atoms with van der Waals surface area (Å²) in [6.07, 6.45) is 1.92. The van der Waals surface area contributed by atoms with Gasteiger partial charge in [0.15, 0.2) is 4.90 Å². The Morgan fingerprint density at radius 2 is 1.81 bits per heavy atom. The zero-order valence-corrected chi connectivity index (χ0v) is 12.3. The standard InChI is InChI=1S/C13H17F3N2O2S/c1-8(17)12-4-2-3-5-18(12)21(19,20)13-10(15)6-9(14)7-11(13)16/h6-8,12H,2-5,17H2,1H3. The number of nitrogens with two attached hydrogens (primary N) is 1. The van der Waals surface area contributed by atoms with Crippen LogP contribution in [0.3, 0.4) is 0 Å². The molecule has 0 radical (unpaired) electrons. The van der Waals surface area contributed by atoms with Gasteiger partial charge in [0.2, 0.25) is 10.0 Å². The minimum absolute atomic E-state index is 0.144. The highest BCUT2D eigenvalue weighted by atomic mass is 32.2. The highest BCUT2D eigenvalue weighted by Gasteiger charge is 2.38. The number of nitrogens with zero attached hydrogens (tertiary/aromatic N) is 1. The van der Waals surface area contributed by atoms with Crippen LogP contribution in [0, 0.1) is 17.5 Å². The van der Waals surface area contributed by atoms with Crippen LogP contribution in [-0.4, -0.2) is 31.4 Å². The van der Waals surface area contributed by atoms with E-state index in [1.54, 1.807) is 6.92 Å². The Bertz CT molecular complexity index is 611. The summed E-state index contributed by atoms with van der Waals surface area (Å²) in [5.41, 5.74) is 5.78. The molecule has 1 aliphatic rings. The molecule has 2 atom stereocenters. The normalized spacial score (nSPS) is 22.2. The van der Waals surface area contributed by atoms with Gasteiger partial charge in [-0.25, -0.2) is 21.6 Å². The second-order valence-electron chi connectivity index (χ2n) is 5.24. The molecule has 0 amide bonds. The predicted octanol–water partition coefficient (Wildman–Crippen LogP) is 1.99. The van der Waals surface area contributed by atoms with Crippen molar-refractivity contribution in [1.29, 1.82) is 0 Å². The Kier molecular flexibility index (Phi) is 4.60. The van der Waals surface area contributed by atoms with Crippen molar-refractivity contribution < 1.29 is 21.6 Å². The summed E-state index contributed by atoms with van der Waals surface area (Å²) in [7, 11) is -4.40. The smallest absolute Gasteiger partial charge is 0.249 e. The predicted molar refractivity (Wildman–Crippen MR) is 71.5 cm³/mol. The summed E-state index contributed by atoms with van der Waals surface area (Å²) >= 11 is 0. The van der Waals surface area contributed by atoms with Gasteiger partial charge in [-0.1, -0.05) is 6.42 Å². The van der Waals surface area contributed by atoms with E-state index in [0.717, 1.165) is 10.7 Å². The lowest BCUT2D eigenvalue weighted by Crippen LogP contribution is -2.51. The fourth-order valence-electron chi connectivity index (χ4n) is 2.65. The van der Waals surface area contributed by atoms with Gasteiger partial charge in [0.1, 0.15) is 17.5 Å². The average molecular weight is 322 g/mol. The number of hydrogen-bond acceptors (Lipinski definition) is 3. The molecule has 0 saturated carbocycles.